The molecule has 0 saturated heterocycles. The number of carbonyl (C=O) groups is 1. The normalized spacial score (nSPS) is 11.4. The van der Waals surface area contributed by atoms with Crippen LogP contribution in [0.25, 0.3) is 0 Å². The zero-order valence-electron chi connectivity index (χ0n) is 8.85. The lowest BCUT2D eigenvalue weighted by molar-refractivity contribution is -0.191. The van der Waals surface area contributed by atoms with Crippen molar-refractivity contribution in [2.45, 2.75) is 12.6 Å². The maximum atomic E-state index is 13.1. The zero-order valence-corrected chi connectivity index (χ0v) is 8.85. The molecule has 18 heavy (non-hydrogen) atoms. The summed E-state index contributed by atoms with van der Waals surface area (Å²) in [5.41, 5.74) is 0.913. The maximum absolute atomic E-state index is 13.1. The fourth-order valence-corrected chi connectivity index (χ4v) is 1.10. The van der Waals surface area contributed by atoms with Crippen LogP contribution in [0, 0.1) is 11.6 Å². The molecule has 3 nitrogen and oxygen atoms in total. The van der Waals surface area contributed by atoms with Gasteiger partial charge in [0.15, 0.2) is 6.61 Å². The highest BCUT2D eigenvalue weighted by Crippen LogP contribution is 2.14. The molecule has 1 N–H and O–H groups in total. The summed E-state index contributed by atoms with van der Waals surface area (Å²) < 4.78 is 61.2. The average Bonchev–Trinajstić information content (AvgIpc) is 2.22. The first kappa shape index (κ1) is 14.4. The lowest BCUT2D eigenvalue weighted by Gasteiger charge is -2.09. The van der Waals surface area contributed by atoms with Gasteiger partial charge in [-0.05, 0) is 12.1 Å². The summed E-state index contributed by atoms with van der Waals surface area (Å²) in [5, 5.41) is 0. The van der Waals surface area contributed by atoms with E-state index in [1.165, 1.54) is 5.48 Å². The fraction of sp³-hybridized carbons (Fsp3) is 0.300. The Labute approximate surface area is 98.5 Å². The van der Waals surface area contributed by atoms with Gasteiger partial charge in [0.2, 0.25) is 5.91 Å². The molecular weight excluding hydrogens is 261 g/mol. The van der Waals surface area contributed by atoms with Crippen molar-refractivity contribution in [3.05, 3.63) is 35.4 Å². The summed E-state index contributed by atoms with van der Waals surface area (Å²) in [6, 6.07) is 2.97. The highest BCUT2D eigenvalue weighted by atomic mass is 19.4. The summed E-state index contributed by atoms with van der Waals surface area (Å²) in [7, 11) is 0. The van der Waals surface area contributed by atoms with E-state index in [1.54, 1.807) is 0 Å². The van der Waals surface area contributed by atoms with E-state index in [9.17, 15) is 26.7 Å². The maximum Gasteiger partial charge on any atom is 0.414 e. The zero-order chi connectivity index (χ0) is 13.8. The van der Waals surface area contributed by atoms with Gasteiger partial charge < -0.3 is 0 Å². The second-order valence-corrected chi connectivity index (χ2v) is 3.31. The molecular formula is C10H8F5NO2. The summed E-state index contributed by atoms with van der Waals surface area (Å²) in [4.78, 5) is 14.9. The number of hydrogen-bond donors (Lipinski definition) is 1. The third-order valence-electron chi connectivity index (χ3n) is 1.82. The van der Waals surface area contributed by atoms with Crippen LogP contribution in [0.1, 0.15) is 5.56 Å². The highest BCUT2D eigenvalue weighted by Gasteiger charge is 2.28. The molecule has 0 unspecified atom stereocenters. The quantitative estimate of drug-likeness (QED) is 0.671. The van der Waals surface area contributed by atoms with Crippen LogP contribution >= 0.6 is 0 Å². The Balaban J connectivity index is 2.50. The van der Waals surface area contributed by atoms with Gasteiger partial charge in [-0.15, -0.1) is 0 Å². The van der Waals surface area contributed by atoms with Crippen molar-refractivity contribution in [3.63, 3.8) is 0 Å². The molecule has 0 aliphatic carbocycles. The lowest BCUT2D eigenvalue weighted by Crippen LogP contribution is -2.30. The topological polar surface area (TPSA) is 38.3 Å². The summed E-state index contributed by atoms with van der Waals surface area (Å²) in [5.74, 6) is -3.00. The van der Waals surface area contributed by atoms with E-state index >= 15 is 0 Å². The summed E-state index contributed by atoms with van der Waals surface area (Å²) in [6.07, 6.45) is -5.35. The van der Waals surface area contributed by atoms with E-state index in [-0.39, 0.29) is 0 Å². The predicted molar refractivity (Wildman–Crippen MR) is 50.2 cm³/mol. The van der Waals surface area contributed by atoms with Crippen LogP contribution < -0.4 is 5.48 Å². The smallest absolute Gasteiger partial charge is 0.272 e. The van der Waals surface area contributed by atoms with E-state index in [0.29, 0.717) is 0 Å². The molecule has 0 bridgehead atoms. The first-order chi connectivity index (χ1) is 8.29. The number of hydrogen-bond acceptors (Lipinski definition) is 2. The molecule has 1 aromatic rings. The van der Waals surface area contributed by atoms with E-state index in [1.807, 2.05) is 0 Å². The first-order valence-electron chi connectivity index (χ1n) is 4.70. The Bertz CT molecular complexity index is 413. The van der Waals surface area contributed by atoms with E-state index in [4.69, 9.17) is 0 Å². The van der Waals surface area contributed by atoms with E-state index < -0.39 is 42.3 Å². The number of nitrogens with one attached hydrogen (secondary N) is 1. The van der Waals surface area contributed by atoms with Crippen molar-refractivity contribution in [2.24, 2.45) is 0 Å². The van der Waals surface area contributed by atoms with Crippen molar-refractivity contribution in [1.29, 1.82) is 0 Å². The van der Waals surface area contributed by atoms with Crippen LogP contribution in [0.2, 0.25) is 0 Å². The number of alkyl halides is 3. The Morgan fingerprint density at radius 2 is 1.78 bits per heavy atom. The van der Waals surface area contributed by atoms with Crippen LogP contribution in [0.4, 0.5) is 22.0 Å². The first-order valence-corrected chi connectivity index (χ1v) is 4.70. The molecule has 1 aromatic carbocycles. The van der Waals surface area contributed by atoms with Gasteiger partial charge in [0.1, 0.15) is 11.6 Å². The molecule has 0 saturated carbocycles. The standard InChI is InChI=1S/C10H8F5NO2/c11-7-2-1-3-8(12)6(7)4-9(17)16-18-5-10(13,14)15/h1-3H,4-5H2,(H,16,17). The van der Waals surface area contributed by atoms with Crippen LogP contribution in [0.15, 0.2) is 18.2 Å². The van der Waals surface area contributed by atoms with Crippen LogP contribution in [0.5, 0.6) is 0 Å². The fourth-order valence-electron chi connectivity index (χ4n) is 1.10. The minimum atomic E-state index is -4.60. The molecule has 0 radical (unpaired) electrons. The lowest BCUT2D eigenvalue weighted by atomic mass is 10.1. The Morgan fingerprint density at radius 3 is 2.28 bits per heavy atom. The second kappa shape index (κ2) is 5.76. The van der Waals surface area contributed by atoms with Crippen molar-refractivity contribution in [3.8, 4) is 0 Å². The van der Waals surface area contributed by atoms with Gasteiger partial charge in [-0.3, -0.25) is 9.63 Å². The molecule has 1 amide bonds. The number of halogens is 5. The highest BCUT2D eigenvalue weighted by molar-refractivity contribution is 5.77. The predicted octanol–water partition coefficient (Wildman–Crippen LogP) is 2.12. The summed E-state index contributed by atoms with van der Waals surface area (Å²) >= 11 is 0. The van der Waals surface area contributed by atoms with Crippen molar-refractivity contribution < 1.29 is 31.6 Å². The molecule has 0 aliphatic heterocycles. The number of benzene rings is 1. The Kier molecular flexibility index (Phi) is 4.60. The number of carbonyl (C=O) groups excluding carboxylic acids is 1. The molecule has 0 aliphatic rings. The van der Waals surface area contributed by atoms with Crippen molar-refractivity contribution in [2.75, 3.05) is 6.61 Å². The van der Waals surface area contributed by atoms with Crippen LogP contribution in [-0.2, 0) is 16.1 Å². The van der Waals surface area contributed by atoms with Gasteiger partial charge in [-0.2, -0.15) is 13.2 Å². The second-order valence-electron chi connectivity index (χ2n) is 3.31. The summed E-state index contributed by atoms with van der Waals surface area (Å²) in [6.45, 7) is -1.68. The Morgan fingerprint density at radius 1 is 1.22 bits per heavy atom. The molecule has 8 heteroatoms. The monoisotopic (exact) mass is 269 g/mol. The number of hydroxylamine groups is 1. The van der Waals surface area contributed by atoms with Gasteiger partial charge in [0, 0.05) is 5.56 Å². The van der Waals surface area contributed by atoms with Gasteiger partial charge in [-0.1, -0.05) is 6.07 Å². The van der Waals surface area contributed by atoms with E-state index in [2.05, 4.69) is 4.84 Å². The van der Waals surface area contributed by atoms with E-state index in [0.717, 1.165) is 18.2 Å². The minimum absolute atomic E-state index is 0.536. The molecule has 0 heterocycles. The van der Waals surface area contributed by atoms with Crippen LogP contribution in [0.3, 0.4) is 0 Å². The number of rotatable bonds is 4. The van der Waals surface area contributed by atoms with Gasteiger partial charge in [0.25, 0.3) is 0 Å². The molecule has 0 fully saturated rings. The molecule has 0 spiro atoms. The SMILES string of the molecule is O=C(Cc1c(F)cccc1F)NOCC(F)(F)F. The molecule has 0 atom stereocenters. The average molecular weight is 269 g/mol. The molecule has 0 aromatic heterocycles. The van der Waals surface area contributed by atoms with Crippen molar-refractivity contribution >= 4 is 5.91 Å². The van der Waals surface area contributed by atoms with Gasteiger partial charge >= 0.3 is 6.18 Å². The molecule has 1 rings (SSSR count). The minimum Gasteiger partial charge on any atom is -0.272 e. The number of amides is 1. The third kappa shape index (κ3) is 4.66. The Hall–Kier alpha value is -1.70. The van der Waals surface area contributed by atoms with Gasteiger partial charge in [-0.25, -0.2) is 14.3 Å². The largest absolute Gasteiger partial charge is 0.414 e. The van der Waals surface area contributed by atoms with Crippen LogP contribution in [-0.4, -0.2) is 18.7 Å². The molecule has 100 valence electrons. The van der Waals surface area contributed by atoms with Crippen molar-refractivity contribution in [1.82, 2.24) is 5.48 Å². The third-order valence-corrected chi connectivity index (χ3v) is 1.82. The van der Waals surface area contributed by atoms with Gasteiger partial charge in [0.05, 0.1) is 6.42 Å².